The standard InChI is InChI=1S/C14H30NO5PS/c1-13(2,3)15-8-10-20-21(17,18)19-9-6-12(16)14(4,5)7-11-22/h15,22H,6-11H2,1-5H3,(H,17,18). The van der Waals surface area contributed by atoms with Crippen molar-refractivity contribution in [1.29, 1.82) is 0 Å². The first kappa shape index (κ1) is 22.1. The molecule has 0 bridgehead atoms. The molecule has 0 saturated heterocycles. The second-order valence-corrected chi connectivity index (χ2v) is 8.74. The molecule has 0 radical (unpaired) electrons. The van der Waals surface area contributed by atoms with E-state index in [2.05, 4.69) is 17.9 Å². The molecule has 2 N–H and O–H groups in total. The molecule has 0 aliphatic rings. The highest BCUT2D eigenvalue weighted by Crippen LogP contribution is 2.43. The first-order valence-electron chi connectivity index (χ1n) is 7.41. The second kappa shape index (κ2) is 9.40. The van der Waals surface area contributed by atoms with Crippen molar-refractivity contribution >= 4 is 26.2 Å². The lowest BCUT2D eigenvalue weighted by Gasteiger charge is -2.22. The molecule has 0 aliphatic heterocycles. The van der Waals surface area contributed by atoms with Crippen LogP contribution in [0.15, 0.2) is 0 Å². The number of phosphoric acid groups is 1. The summed E-state index contributed by atoms with van der Waals surface area (Å²) >= 11 is 4.12. The van der Waals surface area contributed by atoms with Crippen molar-refractivity contribution in [3.05, 3.63) is 0 Å². The number of carbonyl (C=O) groups excluding carboxylic acids is 1. The highest BCUT2D eigenvalue weighted by atomic mass is 32.1. The van der Waals surface area contributed by atoms with Gasteiger partial charge in [0.05, 0.1) is 13.2 Å². The molecule has 0 saturated carbocycles. The highest BCUT2D eigenvalue weighted by Gasteiger charge is 2.27. The minimum Gasteiger partial charge on any atom is -0.310 e. The summed E-state index contributed by atoms with van der Waals surface area (Å²) in [5.74, 6) is 0.595. The van der Waals surface area contributed by atoms with Crippen molar-refractivity contribution in [1.82, 2.24) is 5.32 Å². The van der Waals surface area contributed by atoms with Crippen molar-refractivity contribution in [2.75, 3.05) is 25.5 Å². The molecule has 0 fully saturated rings. The summed E-state index contributed by atoms with van der Waals surface area (Å²) in [6, 6.07) is 0. The molecular weight excluding hydrogens is 325 g/mol. The molecule has 0 aromatic carbocycles. The van der Waals surface area contributed by atoms with Crippen LogP contribution in [0.5, 0.6) is 0 Å². The van der Waals surface area contributed by atoms with Crippen LogP contribution < -0.4 is 5.32 Å². The average molecular weight is 355 g/mol. The molecule has 0 rings (SSSR count). The summed E-state index contributed by atoms with van der Waals surface area (Å²) in [5, 5.41) is 3.13. The van der Waals surface area contributed by atoms with Gasteiger partial charge in [0.1, 0.15) is 5.78 Å². The smallest absolute Gasteiger partial charge is 0.310 e. The van der Waals surface area contributed by atoms with Gasteiger partial charge in [-0.15, -0.1) is 0 Å². The van der Waals surface area contributed by atoms with E-state index in [1.165, 1.54) is 0 Å². The molecular formula is C14H30NO5PS. The second-order valence-electron chi connectivity index (χ2n) is 6.84. The van der Waals surface area contributed by atoms with Crippen LogP contribution in [0.4, 0.5) is 0 Å². The predicted molar refractivity (Wildman–Crippen MR) is 91.4 cm³/mol. The number of nitrogens with one attached hydrogen (secondary N) is 1. The Morgan fingerprint density at radius 2 is 1.73 bits per heavy atom. The molecule has 1 unspecified atom stereocenters. The van der Waals surface area contributed by atoms with E-state index >= 15 is 0 Å². The first-order valence-corrected chi connectivity index (χ1v) is 9.53. The van der Waals surface area contributed by atoms with Gasteiger partial charge in [-0.2, -0.15) is 12.6 Å². The third-order valence-electron chi connectivity index (χ3n) is 3.09. The maximum Gasteiger partial charge on any atom is 0.472 e. The van der Waals surface area contributed by atoms with Crippen LogP contribution in [0.1, 0.15) is 47.5 Å². The maximum atomic E-state index is 12.0. The van der Waals surface area contributed by atoms with Crippen LogP contribution in [0.25, 0.3) is 0 Å². The lowest BCUT2D eigenvalue weighted by molar-refractivity contribution is -0.127. The lowest BCUT2D eigenvalue weighted by atomic mass is 9.84. The lowest BCUT2D eigenvalue weighted by Crippen LogP contribution is -2.37. The van der Waals surface area contributed by atoms with Gasteiger partial charge in [0.15, 0.2) is 0 Å². The van der Waals surface area contributed by atoms with Crippen molar-refractivity contribution < 1.29 is 23.3 Å². The molecule has 132 valence electrons. The summed E-state index contributed by atoms with van der Waals surface area (Å²) in [6.07, 6.45) is 0.732. The van der Waals surface area contributed by atoms with Gasteiger partial charge in [0.2, 0.25) is 0 Å². The Balaban J connectivity index is 4.03. The number of ketones is 1. The van der Waals surface area contributed by atoms with Crippen molar-refractivity contribution in [2.45, 2.75) is 53.0 Å². The monoisotopic (exact) mass is 355 g/mol. The van der Waals surface area contributed by atoms with Gasteiger partial charge in [-0.1, -0.05) is 13.8 Å². The van der Waals surface area contributed by atoms with Gasteiger partial charge < -0.3 is 10.2 Å². The Hall–Kier alpha value is 0.0900. The summed E-state index contributed by atoms with van der Waals surface area (Å²) in [6.45, 7) is 9.99. The summed E-state index contributed by atoms with van der Waals surface area (Å²) in [4.78, 5) is 21.5. The SMILES string of the molecule is CC(C)(C)NCCOP(=O)(O)OCCC(=O)C(C)(C)CCS. The fraction of sp³-hybridized carbons (Fsp3) is 0.929. The third-order valence-corrected chi connectivity index (χ3v) is 4.33. The summed E-state index contributed by atoms with van der Waals surface area (Å²) in [7, 11) is -4.11. The molecule has 0 amide bonds. The van der Waals surface area contributed by atoms with E-state index in [-0.39, 0.29) is 31.0 Å². The summed E-state index contributed by atoms with van der Waals surface area (Å²) < 4.78 is 21.3. The summed E-state index contributed by atoms with van der Waals surface area (Å²) in [5.41, 5.74) is -0.587. The topological polar surface area (TPSA) is 84.9 Å². The largest absolute Gasteiger partial charge is 0.472 e. The number of carbonyl (C=O) groups is 1. The number of Topliss-reactive ketones (excluding diaryl/α,β-unsaturated/α-hetero) is 1. The van der Waals surface area contributed by atoms with E-state index in [4.69, 9.17) is 9.05 Å². The molecule has 0 aromatic heterocycles. The van der Waals surface area contributed by atoms with E-state index in [0.29, 0.717) is 18.7 Å². The Bertz CT molecular complexity index is 395. The van der Waals surface area contributed by atoms with Gasteiger partial charge in [-0.3, -0.25) is 13.8 Å². The molecule has 6 nitrogen and oxygen atoms in total. The van der Waals surface area contributed by atoms with Gasteiger partial charge in [0, 0.05) is 23.9 Å². The van der Waals surface area contributed by atoms with Crippen molar-refractivity contribution in [3.63, 3.8) is 0 Å². The van der Waals surface area contributed by atoms with Crippen LogP contribution in [0, 0.1) is 5.41 Å². The average Bonchev–Trinajstić information content (AvgIpc) is 2.33. The number of thiol groups is 1. The molecule has 0 aromatic rings. The first-order chi connectivity index (χ1) is 9.90. The van der Waals surface area contributed by atoms with Crippen LogP contribution in [-0.4, -0.2) is 41.7 Å². The van der Waals surface area contributed by atoms with Crippen molar-refractivity contribution in [3.8, 4) is 0 Å². The quantitative estimate of drug-likeness (QED) is 0.300. The molecule has 8 heteroatoms. The van der Waals surface area contributed by atoms with E-state index in [1.54, 1.807) is 0 Å². The number of phosphoric ester groups is 1. The zero-order chi connectivity index (χ0) is 17.4. The molecule has 0 heterocycles. The van der Waals surface area contributed by atoms with Crippen LogP contribution in [-0.2, 0) is 18.4 Å². The minimum absolute atomic E-state index is 0.0176. The molecule has 0 aliphatic carbocycles. The molecule has 0 spiro atoms. The van der Waals surface area contributed by atoms with Gasteiger partial charge in [-0.25, -0.2) is 4.57 Å². The predicted octanol–water partition coefficient (Wildman–Crippen LogP) is 2.81. The normalized spacial score (nSPS) is 15.6. The van der Waals surface area contributed by atoms with E-state index < -0.39 is 13.2 Å². The van der Waals surface area contributed by atoms with Gasteiger partial charge in [0.25, 0.3) is 0 Å². The van der Waals surface area contributed by atoms with Crippen LogP contribution in [0.2, 0.25) is 0 Å². The Morgan fingerprint density at radius 1 is 1.18 bits per heavy atom. The fourth-order valence-corrected chi connectivity index (χ4v) is 2.91. The zero-order valence-electron chi connectivity index (χ0n) is 14.2. The minimum atomic E-state index is -4.11. The van der Waals surface area contributed by atoms with E-state index in [1.807, 2.05) is 34.6 Å². The Labute approximate surface area is 139 Å². The number of hydrogen-bond acceptors (Lipinski definition) is 6. The van der Waals surface area contributed by atoms with E-state index in [0.717, 1.165) is 0 Å². The zero-order valence-corrected chi connectivity index (χ0v) is 16.0. The van der Waals surface area contributed by atoms with Crippen molar-refractivity contribution in [2.24, 2.45) is 5.41 Å². The van der Waals surface area contributed by atoms with Gasteiger partial charge in [-0.05, 0) is 32.9 Å². The fourth-order valence-electron chi connectivity index (χ4n) is 1.64. The molecule has 22 heavy (non-hydrogen) atoms. The highest BCUT2D eigenvalue weighted by molar-refractivity contribution is 7.80. The number of hydrogen-bond donors (Lipinski definition) is 3. The van der Waals surface area contributed by atoms with E-state index in [9.17, 15) is 14.3 Å². The maximum absolute atomic E-state index is 12.0. The third kappa shape index (κ3) is 10.8. The van der Waals surface area contributed by atoms with Crippen LogP contribution >= 0.6 is 20.5 Å². The van der Waals surface area contributed by atoms with Gasteiger partial charge >= 0.3 is 7.82 Å². The molecule has 1 atom stereocenters. The van der Waals surface area contributed by atoms with Crippen LogP contribution in [0.3, 0.4) is 0 Å². The number of rotatable bonds is 11. The Kier molecular flexibility index (Phi) is 9.44. The Morgan fingerprint density at radius 3 is 2.23 bits per heavy atom.